The quantitative estimate of drug-likeness (QED) is 0.817. The number of nitrogens with zero attached hydrogens (tertiary/aromatic N) is 1. The lowest BCUT2D eigenvalue weighted by Gasteiger charge is -2.06. The highest BCUT2D eigenvalue weighted by Gasteiger charge is 2.03. The van der Waals surface area contributed by atoms with E-state index in [0.29, 0.717) is 17.5 Å². The Kier molecular flexibility index (Phi) is 4.70. The van der Waals surface area contributed by atoms with Crippen molar-refractivity contribution in [3.8, 4) is 5.88 Å². The first-order valence-corrected chi connectivity index (χ1v) is 5.07. The van der Waals surface area contributed by atoms with Crippen molar-refractivity contribution in [3.63, 3.8) is 0 Å². The van der Waals surface area contributed by atoms with E-state index < -0.39 is 0 Å². The number of halogens is 1. The Labute approximate surface area is 89.4 Å². The molecule has 1 N–H and O–H groups in total. The maximum absolute atomic E-state index is 5.99. The van der Waals surface area contributed by atoms with Crippen LogP contribution in [0.15, 0.2) is 12.3 Å². The lowest BCUT2D eigenvalue weighted by molar-refractivity contribution is 0.305. The van der Waals surface area contributed by atoms with Crippen molar-refractivity contribution in [2.45, 2.75) is 19.9 Å². The van der Waals surface area contributed by atoms with Gasteiger partial charge < -0.3 is 10.1 Å². The Morgan fingerprint density at radius 2 is 2.36 bits per heavy atom. The fourth-order valence-corrected chi connectivity index (χ4v) is 1.31. The number of rotatable bonds is 5. The summed E-state index contributed by atoms with van der Waals surface area (Å²) in [7, 11) is 1.88. The second-order valence-electron chi connectivity index (χ2n) is 3.01. The lowest BCUT2D eigenvalue weighted by Crippen LogP contribution is -2.06. The molecule has 0 aliphatic heterocycles. The van der Waals surface area contributed by atoms with Crippen LogP contribution in [0.4, 0.5) is 0 Å². The van der Waals surface area contributed by atoms with E-state index in [1.807, 2.05) is 20.0 Å². The van der Waals surface area contributed by atoms with Crippen molar-refractivity contribution in [2.75, 3.05) is 13.7 Å². The van der Waals surface area contributed by atoms with Gasteiger partial charge in [0, 0.05) is 12.7 Å². The molecule has 1 heterocycles. The molecule has 4 heteroatoms. The van der Waals surface area contributed by atoms with Crippen LogP contribution in [-0.4, -0.2) is 18.6 Å². The van der Waals surface area contributed by atoms with Crippen LogP contribution in [-0.2, 0) is 6.54 Å². The monoisotopic (exact) mass is 214 g/mol. The highest BCUT2D eigenvalue weighted by Crippen LogP contribution is 2.22. The Hall–Kier alpha value is -0.800. The van der Waals surface area contributed by atoms with Gasteiger partial charge in [0.1, 0.15) is 5.02 Å². The fourth-order valence-electron chi connectivity index (χ4n) is 1.07. The molecule has 0 aliphatic carbocycles. The van der Waals surface area contributed by atoms with Crippen LogP contribution in [0.3, 0.4) is 0 Å². The molecule has 0 unspecified atom stereocenters. The molecular formula is C10H15ClN2O. The summed E-state index contributed by atoms with van der Waals surface area (Å²) < 4.78 is 5.36. The third kappa shape index (κ3) is 3.16. The standard InChI is InChI=1S/C10H15ClN2O/c1-3-4-14-10-9(11)5-8(6-12-2)7-13-10/h5,7,12H,3-4,6H2,1-2H3. The van der Waals surface area contributed by atoms with Crippen molar-refractivity contribution < 1.29 is 4.74 Å². The summed E-state index contributed by atoms with van der Waals surface area (Å²) in [6.45, 7) is 3.46. The molecule has 0 bridgehead atoms. The van der Waals surface area contributed by atoms with E-state index in [0.717, 1.165) is 18.5 Å². The Balaban J connectivity index is 2.68. The van der Waals surface area contributed by atoms with E-state index in [1.54, 1.807) is 6.20 Å². The highest BCUT2D eigenvalue weighted by atomic mass is 35.5. The zero-order chi connectivity index (χ0) is 10.4. The molecule has 14 heavy (non-hydrogen) atoms. The number of hydrogen-bond acceptors (Lipinski definition) is 3. The number of nitrogens with one attached hydrogen (secondary N) is 1. The van der Waals surface area contributed by atoms with Crippen molar-refractivity contribution in [1.29, 1.82) is 0 Å². The first-order chi connectivity index (χ1) is 6.77. The van der Waals surface area contributed by atoms with Gasteiger partial charge in [0.05, 0.1) is 6.61 Å². The average Bonchev–Trinajstić information content (AvgIpc) is 2.17. The summed E-state index contributed by atoms with van der Waals surface area (Å²) in [6, 6.07) is 1.87. The molecule has 0 aromatic carbocycles. The van der Waals surface area contributed by atoms with E-state index in [9.17, 15) is 0 Å². The number of pyridine rings is 1. The highest BCUT2D eigenvalue weighted by molar-refractivity contribution is 6.31. The van der Waals surface area contributed by atoms with Crippen LogP contribution >= 0.6 is 11.6 Å². The third-order valence-corrected chi connectivity index (χ3v) is 1.96. The van der Waals surface area contributed by atoms with Crippen LogP contribution in [0.1, 0.15) is 18.9 Å². The van der Waals surface area contributed by atoms with Crippen molar-refractivity contribution >= 4 is 11.6 Å². The Morgan fingerprint density at radius 1 is 1.57 bits per heavy atom. The molecule has 0 saturated heterocycles. The molecule has 1 rings (SSSR count). The molecule has 0 amide bonds. The van der Waals surface area contributed by atoms with Gasteiger partial charge in [-0.15, -0.1) is 0 Å². The molecule has 78 valence electrons. The second kappa shape index (κ2) is 5.83. The molecule has 0 saturated carbocycles. The number of ether oxygens (including phenoxy) is 1. The van der Waals surface area contributed by atoms with Gasteiger partial charge in [-0.25, -0.2) is 4.98 Å². The number of hydrogen-bond donors (Lipinski definition) is 1. The van der Waals surface area contributed by atoms with E-state index >= 15 is 0 Å². The molecule has 0 aliphatic rings. The largest absolute Gasteiger partial charge is 0.477 e. The van der Waals surface area contributed by atoms with Crippen LogP contribution in [0.2, 0.25) is 5.02 Å². The van der Waals surface area contributed by atoms with E-state index in [2.05, 4.69) is 10.3 Å². The minimum atomic E-state index is 0.522. The predicted molar refractivity (Wildman–Crippen MR) is 57.8 cm³/mol. The van der Waals surface area contributed by atoms with Crippen LogP contribution in [0.5, 0.6) is 5.88 Å². The maximum Gasteiger partial charge on any atom is 0.232 e. The molecular weight excluding hydrogens is 200 g/mol. The van der Waals surface area contributed by atoms with Gasteiger partial charge in [-0.05, 0) is 25.1 Å². The SMILES string of the molecule is CCCOc1ncc(CNC)cc1Cl. The van der Waals surface area contributed by atoms with E-state index in [-0.39, 0.29) is 0 Å². The molecule has 1 aromatic rings. The second-order valence-corrected chi connectivity index (χ2v) is 3.42. The first-order valence-electron chi connectivity index (χ1n) is 4.69. The van der Waals surface area contributed by atoms with Gasteiger partial charge in [-0.1, -0.05) is 18.5 Å². The summed E-state index contributed by atoms with van der Waals surface area (Å²) in [5.74, 6) is 0.522. The Bertz CT molecular complexity index is 291. The molecule has 0 spiro atoms. The van der Waals surface area contributed by atoms with Crippen LogP contribution in [0, 0.1) is 0 Å². The molecule has 1 aromatic heterocycles. The van der Waals surface area contributed by atoms with E-state index in [1.165, 1.54) is 0 Å². The first kappa shape index (κ1) is 11.3. The van der Waals surface area contributed by atoms with Gasteiger partial charge in [-0.3, -0.25) is 0 Å². The normalized spacial score (nSPS) is 10.2. The third-order valence-electron chi connectivity index (χ3n) is 1.69. The summed E-state index contributed by atoms with van der Waals surface area (Å²) in [5.41, 5.74) is 1.06. The summed E-state index contributed by atoms with van der Waals surface area (Å²) in [5, 5.41) is 3.61. The minimum Gasteiger partial charge on any atom is -0.477 e. The summed E-state index contributed by atoms with van der Waals surface area (Å²) in [4.78, 5) is 4.14. The van der Waals surface area contributed by atoms with Gasteiger partial charge >= 0.3 is 0 Å². The summed E-state index contributed by atoms with van der Waals surface area (Å²) >= 11 is 5.99. The zero-order valence-electron chi connectivity index (χ0n) is 8.51. The van der Waals surface area contributed by atoms with Crippen molar-refractivity contribution in [3.05, 3.63) is 22.8 Å². The smallest absolute Gasteiger partial charge is 0.232 e. The van der Waals surface area contributed by atoms with E-state index in [4.69, 9.17) is 16.3 Å². The molecule has 0 radical (unpaired) electrons. The molecule has 3 nitrogen and oxygen atoms in total. The minimum absolute atomic E-state index is 0.522. The zero-order valence-corrected chi connectivity index (χ0v) is 9.27. The van der Waals surface area contributed by atoms with Gasteiger partial charge in [-0.2, -0.15) is 0 Å². The maximum atomic E-state index is 5.99. The Morgan fingerprint density at radius 3 is 2.93 bits per heavy atom. The molecule has 0 atom stereocenters. The van der Waals surface area contributed by atoms with Crippen molar-refractivity contribution in [1.82, 2.24) is 10.3 Å². The van der Waals surface area contributed by atoms with Gasteiger partial charge in [0.25, 0.3) is 0 Å². The number of aromatic nitrogens is 1. The average molecular weight is 215 g/mol. The van der Waals surface area contributed by atoms with Crippen LogP contribution < -0.4 is 10.1 Å². The fraction of sp³-hybridized carbons (Fsp3) is 0.500. The lowest BCUT2D eigenvalue weighted by atomic mass is 10.3. The van der Waals surface area contributed by atoms with Gasteiger partial charge in [0.15, 0.2) is 0 Å². The van der Waals surface area contributed by atoms with Crippen molar-refractivity contribution in [2.24, 2.45) is 0 Å². The topological polar surface area (TPSA) is 34.1 Å². The molecule has 0 fully saturated rings. The van der Waals surface area contributed by atoms with Crippen LogP contribution in [0.25, 0.3) is 0 Å². The predicted octanol–water partition coefficient (Wildman–Crippen LogP) is 2.24. The summed E-state index contributed by atoms with van der Waals surface area (Å²) in [6.07, 6.45) is 2.73. The van der Waals surface area contributed by atoms with Gasteiger partial charge in [0.2, 0.25) is 5.88 Å².